The van der Waals surface area contributed by atoms with Crippen LogP contribution in [-0.2, 0) is 7.05 Å². The minimum atomic E-state index is -4.30. The van der Waals surface area contributed by atoms with Crippen molar-refractivity contribution >= 4 is 16.6 Å². The number of nitrogens with zero attached hydrogens (tertiary/aromatic N) is 4. The van der Waals surface area contributed by atoms with E-state index in [0.29, 0.717) is 33.8 Å². The van der Waals surface area contributed by atoms with Crippen LogP contribution < -0.4 is 14.8 Å². The van der Waals surface area contributed by atoms with E-state index in [2.05, 4.69) is 15.4 Å². The van der Waals surface area contributed by atoms with Crippen molar-refractivity contribution in [2.75, 3.05) is 27.3 Å². The van der Waals surface area contributed by atoms with E-state index in [1.165, 1.54) is 0 Å². The normalized spacial score (nSPS) is 12.2. The fourth-order valence-corrected chi connectivity index (χ4v) is 3.63. The molecule has 2 aromatic carbocycles. The van der Waals surface area contributed by atoms with Crippen LogP contribution >= 0.6 is 0 Å². The lowest BCUT2D eigenvalue weighted by atomic mass is 9.96. The maximum Gasteiger partial charge on any atom is 0.401 e. The van der Waals surface area contributed by atoms with Crippen LogP contribution in [0.3, 0.4) is 0 Å². The smallest absolute Gasteiger partial charge is 0.401 e. The van der Waals surface area contributed by atoms with Gasteiger partial charge in [0.15, 0.2) is 0 Å². The Morgan fingerprint density at radius 1 is 1.00 bits per heavy atom. The van der Waals surface area contributed by atoms with Crippen LogP contribution in [-0.4, -0.2) is 53.2 Å². The summed E-state index contributed by atoms with van der Waals surface area (Å²) in [6.07, 6.45) is 2.65. The fourth-order valence-electron chi connectivity index (χ4n) is 3.63. The molecule has 2 heterocycles. The van der Waals surface area contributed by atoms with Crippen LogP contribution in [0, 0.1) is 0 Å². The van der Waals surface area contributed by atoms with Gasteiger partial charge in [0.25, 0.3) is 0 Å². The van der Waals surface area contributed by atoms with Gasteiger partial charge in [0.05, 0.1) is 49.9 Å². The highest BCUT2D eigenvalue weighted by molar-refractivity contribution is 5.87. The summed E-state index contributed by atoms with van der Waals surface area (Å²) in [6, 6.07) is 10.9. The molecule has 0 saturated heterocycles. The van der Waals surface area contributed by atoms with Gasteiger partial charge in [0.2, 0.25) is 0 Å². The first-order valence-electron chi connectivity index (χ1n) is 10.7. The van der Waals surface area contributed by atoms with E-state index in [4.69, 9.17) is 14.5 Å². The second-order valence-electron chi connectivity index (χ2n) is 7.83. The molecule has 4 aromatic rings. The van der Waals surface area contributed by atoms with Crippen molar-refractivity contribution in [3.8, 4) is 22.8 Å². The molecule has 0 bridgehead atoms. The number of halogens is 3. The first-order valence-corrected chi connectivity index (χ1v) is 10.7. The molecule has 0 atom stereocenters. The first kappa shape index (κ1) is 24.2. The summed E-state index contributed by atoms with van der Waals surface area (Å²) in [5.41, 5.74) is 5.03. The third-order valence-electron chi connectivity index (χ3n) is 5.29. The van der Waals surface area contributed by atoms with Gasteiger partial charge in [-0.1, -0.05) is 12.1 Å². The lowest BCUT2D eigenvalue weighted by Crippen LogP contribution is -2.28. The molecule has 7 nitrogen and oxygen atoms in total. The molecule has 0 spiro atoms. The average Bonchev–Trinajstić information content (AvgIpc) is 3.28. The SMILES string of the molecule is COc1cc(OC)cc(/C(=C\CNCC(F)(F)F)c2ccc3ncc(-c4cnn(C)c4)nc3c2)c1. The summed E-state index contributed by atoms with van der Waals surface area (Å²) >= 11 is 0. The van der Waals surface area contributed by atoms with Gasteiger partial charge < -0.3 is 14.8 Å². The largest absolute Gasteiger partial charge is 0.497 e. The predicted molar refractivity (Wildman–Crippen MR) is 127 cm³/mol. The van der Waals surface area contributed by atoms with Crippen molar-refractivity contribution in [3.05, 3.63) is 72.2 Å². The topological polar surface area (TPSA) is 74.1 Å². The number of methoxy groups -OCH3 is 2. The Balaban J connectivity index is 1.77. The van der Waals surface area contributed by atoms with Gasteiger partial charge in [0.1, 0.15) is 11.5 Å². The monoisotopic (exact) mass is 483 g/mol. The highest BCUT2D eigenvalue weighted by Gasteiger charge is 2.25. The molecule has 0 unspecified atom stereocenters. The van der Waals surface area contributed by atoms with Crippen molar-refractivity contribution in [2.45, 2.75) is 6.18 Å². The zero-order valence-corrected chi connectivity index (χ0v) is 19.4. The summed E-state index contributed by atoms with van der Waals surface area (Å²) in [4.78, 5) is 9.24. The summed E-state index contributed by atoms with van der Waals surface area (Å²) in [7, 11) is 4.90. The third-order valence-corrected chi connectivity index (χ3v) is 5.29. The Morgan fingerprint density at radius 2 is 1.74 bits per heavy atom. The van der Waals surface area contributed by atoms with E-state index in [0.717, 1.165) is 16.7 Å². The van der Waals surface area contributed by atoms with Crippen LogP contribution in [0.5, 0.6) is 11.5 Å². The number of hydrogen-bond acceptors (Lipinski definition) is 6. The number of benzene rings is 2. The molecule has 10 heteroatoms. The van der Waals surface area contributed by atoms with E-state index >= 15 is 0 Å². The van der Waals surface area contributed by atoms with Gasteiger partial charge in [-0.3, -0.25) is 9.67 Å². The molecule has 0 saturated carbocycles. The second kappa shape index (κ2) is 10.1. The fraction of sp³-hybridized carbons (Fsp3) is 0.240. The standard InChI is InChI=1S/C25H24F3N5O2/c1-33-14-18(12-31-33)24-13-30-22-5-4-16(10-23(22)32-24)21(6-7-29-15-25(26,27)28)17-8-19(34-2)11-20(9-17)35-3/h4-6,8-14,29H,7,15H2,1-3H3/b21-6-. The summed E-state index contributed by atoms with van der Waals surface area (Å²) in [5.74, 6) is 1.13. The minimum Gasteiger partial charge on any atom is -0.497 e. The summed E-state index contributed by atoms with van der Waals surface area (Å²) in [5, 5.41) is 6.60. The predicted octanol–water partition coefficient (Wildman–Crippen LogP) is 4.63. The van der Waals surface area contributed by atoms with E-state index in [1.54, 1.807) is 55.6 Å². The van der Waals surface area contributed by atoms with E-state index < -0.39 is 12.7 Å². The Morgan fingerprint density at radius 3 is 2.37 bits per heavy atom. The van der Waals surface area contributed by atoms with Crippen LogP contribution in [0.1, 0.15) is 11.1 Å². The van der Waals surface area contributed by atoms with Crippen LogP contribution in [0.15, 0.2) is 61.1 Å². The van der Waals surface area contributed by atoms with Crippen LogP contribution in [0.2, 0.25) is 0 Å². The molecule has 0 aliphatic rings. The highest BCUT2D eigenvalue weighted by Crippen LogP contribution is 2.32. The quantitative estimate of drug-likeness (QED) is 0.369. The maximum absolute atomic E-state index is 12.6. The first-order chi connectivity index (χ1) is 16.8. The number of hydrogen-bond donors (Lipinski definition) is 1. The highest BCUT2D eigenvalue weighted by atomic mass is 19.4. The Hall–Kier alpha value is -3.92. The van der Waals surface area contributed by atoms with Crippen LogP contribution in [0.25, 0.3) is 27.9 Å². The number of fused-ring (bicyclic) bond motifs is 1. The van der Waals surface area contributed by atoms with Gasteiger partial charge >= 0.3 is 6.18 Å². The van der Waals surface area contributed by atoms with Gasteiger partial charge in [-0.25, -0.2) is 4.98 Å². The number of aromatic nitrogens is 4. The molecule has 182 valence electrons. The van der Waals surface area contributed by atoms with E-state index in [1.807, 2.05) is 31.4 Å². The zero-order valence-electron chi connectivity index (χ0n) is 19.4. The molecular weight excluding hydrogens is 459 g/mol. The molecule has 2 aromatic heterocycles. The van der Waals surface area contributed by atoms with Crippen molar-refractivity contribution in [3.63, 3.8) is 0 Å². The van der Waals surface area contributed by atoms with Crippen molar-refractivity contribution in [2.24, 2.45) is 7.05 Å². The molecule has 35 heavy (non-hydrogen) atoms. The Labute approximate surface area is 200 Å². The molecule has 1 N–H and O–H groups in total. The summed E-state index contributed by atoms with van der Waals surface area (Å²) in [6.45, 7) is -1.08. The molecule has 0 aliphatic heterocycles. The van der Waals surface area contributed by atoms with Crippen molar-refractivity contribution in [1.82, 2.24) is 25.1 Å². The van der Waals surface area contributed by atoms with E-state index in [9.17, 15) is 13.2 Å². The molecule has 0 fully saturated rings. The molecular formula is C25H24F3N5O2. The number of alkyl halides is 3. The summed E-state index contributed by atoms with van der Waals surface area (Å²) < 4.78 is 50.4. The Bertz CT molecular complexity index is 1340. The lowest BCUT2D eigenvalue weighted by Gasteiger charge is -2.14. The lowest BCUT2D eigenvalue weighted by molar-refractivity contribution is -0.124. The average molecular weight is 483 g/mol. The zero-order chi connectivity index (χ0) is 25.0. The Kier molecular flexibility index (Phi) is 7.02. The van der Waals surface area contributed by atoms with Gasteiger partial charge in [-0.2, -0.15) is 18.3 Å². The van der Waals surface area contributed by atoms with Gasteiger partial charge in [0, 0.05) is 31.4 Å². The van der Waals surface area contributed by atoms with Crippen molar-refractivity contribution in [1.29, 1.82) is 0 Å². The number of aryl methyl sites for hydroxylation is 1. The molecule has 0 amide bonds. The van der Waals surface area contributed by atoms with Crippen LogP contribution in [0.4, 0.5) is 13.2 Å². The minimum absolute atomic E-state index is 0.00775. The third kappa shape index (κ3) is 5.96. The van der Waals surface area contributed by atoms with Crippen molar-refractivity contribution < 1.29 is 22.6 Å². The maximum atomic E-state index is 12.6. The molecule has 4 rings (SSSR count). The number of rotatable bonds is 8. The van der Waals surface area contributed by atoms with Gasteiger partial charge in [-0.15, -0.1) is 0 Å². The van der Waals surface area contributed by atoms with E-state index in [-0.39, 0.29) is 6.54 Å². The number of nitrogens with one attached hydrogen (secondary N) is 1. The van der Waals surface area contributed by atoms with Gasteiger partial charge in [-0.05, 0) is 41.0 Å². The second-order valence-corrected chi connectivity index (χ2v) is 7.83. The molecule has 0 radical (unpaired) electrons. The molecule has 0 aliphatic carbocycles. The number of ether oxygens (including phenoxy) is 2.